The summed E-state index contributed by atoms with van der Waals surface area (Å²) in [5.41, 5.74) is 6.54. The Morgan fingerprint density at radius 2 is 2.10 bits per heavy atom. The van der Waals surface area contributed by atoms with Crippen LogP contribution < -0.4 is 10.6 Å². The molecular formula is C32H42N6O. The number of carbonyl (C=O) groups excluding carboxylic acids is 1. The molecule has 2 aromatic rings. The van der Waals surface area contributed by atoms with Gasteiger partial charge in [0.1, 0.15) is 0 Å². The van der Waals surface area contributed by atoms with E-state index in [1.54, 1.807) is 18.2 Å². The molecule has 7 heteroatoms. The third-order valence-electron chi connectivity index (χ3n) is 9.03. The van der Waals surface area contributed by atoms with Crippen molar-refractivity contribution in [2.24, 2.45) is 11.8 Å². The van der Waals surface area contributed by atoms with Crippen LogP contribution in [-0.2, 0) is 16.8 Å². The standard InChI is InChI=1S/C32H42N6O/c1-4-16-37(3)21-26-25(23-10-11-23)12-14-32(19-27(26)32)29-13-15-34-31(36-29)35-24-8-5-7-22(18-24)20-38-17-6-9-28(38)30(39)33-2/h5,7-8,12-15,18,23,27-28H,4,6,9-11,16-17,19-21H2,1-3H3,(H,33,39)(H,34,35,36)/t27?,28-,32?/m0/s1. The Kier molecular flexibility index (Phi) is 7.29. The summed E-state index contributed by atoms with van der Waals surface area (Å²) in [4.78, 5) is 26.7. The van der Waals surface area contributed by atoms with E-state index in [2.05, 4.69) is 81.9 Å². The van der Waals surface area contributed by atoms with Gasteiger partial charge in [-0.2, -0.15) is 0 Å². The number of amides is 1. The van der Waals surface area contributed by atoms with Crippen LogP contribution in [0.4, 0.5) is 11.6 Å². The Labute approximate surface area is 232 Å². The number of likely N-dealkylation sites (tertiary alicyclic amines) is 1. The summed E-state index contributed by atoms with van der Waals surface area (Å²) in [5.74, 6) is 2.08. The summed E-state index contributed by atoms with van der Waals surface area (Å²) in [6.07, 6.45) is 13.8. The molecule has 2 saturated carbocycles. The average molecular weight is 527 g/mol. The van der Waals surface area contributed by atoms with Crippen LogP contribution in [0.25, 0.3) is 0 Å². The molecule has 0 bridgehead atoms. The van der Waals surface area contributed by atoms with E-state index < -0.39 is 0 Å². The normalized spacial score (nSPS) is 26.2. The van der Waals surface area contributed by atoms with Crippen LogP contribution in [0.3, 0.4) is 0 Å². The van der Waals surface area contributed by atoms with Gasteiger partial charge in [0.2, 0.25) is 11.9 Å². The molecule has 4 aliphatic rings. The first-order chi connectivity index (χ1) is 19.0. The van der Waals surface area contributed by atoms with Crippen LogP contribution >= 0.6 is 0 Å². The van der Waals surface area contributed by atoms with Crippen molar-refractivity contribution >= 4 is 17.5 Å². The van der Waals surface area contributed by atoms with Gasteiger partial charge in [0, 0.05) is 37.4 Å². The topological polar surface area (TPSA) is 73.4 Å². The molecule has 2 unspecified atom stereocenters. The summed E-state index contributed by atoms with van der Waals surface area (Å²) < 4.78 is 0. The molecule has 0 spiro atoms. The van der Waals surface area contributed by atoms with Gasteiger partial charge in [-0.15, -0.1) is 0 Å². The smallest absolute Gasteiger partial charge is 0.237 e. The summed E-state index contributed by atoms with van der Waals surface area (Å²) in [6.45, 7) is 6.17. The fourth-order valence-corrected chi connectivity index (χ4v) is 6.83. The maximum atomic E-state index is 12.3. The monoisotopic (exact) mass is 526 g/mol. The number of anilines is 2. The first-order valence-electron chi connectivity index (χ1n) is 14.8. The molecule has 3 aliphatic carbocycles. The van der Waals surface area contributed by atoms with Crippen molar-refractivity contribution in [3.63, 3.8) is 0 Å². The Hall–Kier alpha value is -3.03. The molecule has 0 radical (unpaired) electrons. The van der Waals surface area contributed by atoms with Gasteiger partial charge in [0.25, 0.3) is 0 Å². The van der Waals surface area contributed by atoms with Crippen LogP contribution in [0.2, 0.25) is 0 Å². The fourth-order valence-electron chi connectivity index (χ4n) is 6.83. The van der Waals surface area contributed by atoms with E-state index in [4.69, 9.17) is 4.98 Å². The van der Waals surface area contributed by atoms with Crippen LogP contribution in [-0.4, -0.2) is 65.4 Å². The lowest BCUT2D eigenvalue weighted by Crippen LogP contribution is -2.41. The molecule has 3 fully saturated rings. The summed E-state index contributed by atoms with van der Waals surface area (Å²) in [6, 6.07) is 10.5. The molecule has 6 rings (SSSR count). The number of fused-ring (bicyclic) bond motifs is 1. The number of nitrogens with zero attached hydrogens (tertiary/aromatic N) is 4. The van der Waals surface area contributed by atoms with Gasteiger partial charge in [0.05, 0.1) is 11.7 Å². The molecule has 1 aliphatic heterocycles. The van der Waals surface area contributed by atoms with Gasteiger partial charge in [-0.25, -0.2) is 9.97 Å². The SMILES string of the molecule is CCCN(C)CC1=C(C2CC2)C=CC2(c3ccnc(Nc4cccc(CN5CCC[C@H]5C(=O)NC)c4)n3)CC12. The van der Waals surface area contributed by atoms with Crippen molar-refractivity contribution in [1.82, 2.24) is 25.1 Å². The molecule has 1 aromatic carbocycles. The third kappa shape index (κ3) is 5.39. The molecular weight excluding hydrogens is 484 g/mol. The lowest BCUT2D eigenvalue weighted by molar-refractivity contribution is -0.125. The largest absolute Gasteiger partial charge is 0.358 e. The van der Waals surface area contributed by atoms with Crippen LogP contribution in [0.5, 0.6) is 0 Å². The van der Waals surface area contributed by atoms with E-state index in [0.29, 0.717) is 11.9 Å². The van der Waals surface area contributed by atoms with Crippen molar-refractivity contribution in [2.45, 2.75) is 63.5 Å². The van der Waals surface area contributed by atoms with Crippen molar-refractivity contribution in [1.29, 1.82) is 0 Å². The molecule has 1 saturated heterocycles. The van der Waals surface area contributed by atoms with E-state index in [1.807, 2.05) is 6.20 Å². The number of benzene rings is 1. The molecule has 2 heterocycles. The highest BCUT2D eigenvalue weighted by molar-refractivity contribution is 5.81. The van der Waals surface area contributed by atoms with Gasteiger partial charge >= 0.3 is 0 Å². The average Bonchev–Trinajstić information content (AvgIpc) is 3.86. The summed E-state index contributed by atoms with van der Waals surface area (Å²) >= 11 is 0. The molecule has 2 N–H and O–H groups in total. The number of allylic oxidation sites excluding steroid dienone is 3. The summed E-state index contributed by atoms with van der Waals surface area (Å²) in [7, 11) is 3.98. The number of hydrogen-bond donors (Lipinski definition) is 2. The highest BCUT2D eigenvalue weighted by atomic mass is 16.2. The van der Waals surface area contributed by atoms with E-state index >= 15 is 0 Å². The number of likely N-dealkylation sites (N-methyl/N-ethyl adjacent to an activating group) is 2. The lowest BCUT2D eigenvalue weighted by Gasteiger charge is -2.26. The molecule has 1 amide bonds. The number of rotatable bonds is 11. The number of nitrogens with one attached hydrogen (secondary N) is 2. The van der Waals surface area contributed by atoms with Gasteiger partial charge in [0.15, 0.2) is 0 Å². The second-order valence-corrected chi connectivity index (χ2v) is 12.0. The van der Waals surface area contributed by atoms with Gasteiger partial charge in [-0.1, -0.05) is 31.2 Å². The first-order valence-corrected chi connectivity index (χ1v) is 14.8. The Bertz CT molecular complexity index is 1280. The predicted molar refractivity (Wildman–Crippen MR) is 156 cm³/mol. The number of hydrogen-bond acceptors (Lipinski definition) is 6. The minimum atomic E-state index is -0.0398. The molecule has 1 aromatic heterocycles. The highest BCUT2D eigenvalue weighted by Crippen LogP contribution is 2.62. The maximum absolute atomic E-state index is 12.3. The van der Waals surface area contributed by atoms with E-state index in [1.165, 1.54) is 24.8 Å². The first kappa shape index (κ1) is 26.2. The zero-order chi connectivity index (χ0) is 27.0. The highest BCUT2D eigenvalue weighted by Gasteiger charge is 2.58. The second kappa shape index (κ2) is 10.9. The number of aromatic nitrogens is 2. The maximum Gasteiger partial charge on any atom is 0.237 e. The molecule has 3 atom stereocenters. The van der Waals surface area contributed by atoms with Crippen molar-refractivity contribution in [3.05, 3.63) is 71.1 Å². The summed E-state index contributed by atoms with van der Waals surface area (Å²) in [5, 5.41) is 6.28. The van der Waals surface area contributed by atoms with Crippen molar-refractivity contribution < 1.29 is 4.79 Å². The van der Waals surface area contributed by atoms with Gasteiger partial charge in [-0.05, 0) is 105 Å². The molecule has 39 heavy (non-hydrogen) atoms. The van der Waals surface area contributed by atoms with Crippen LogP contribution in [0, 0.1) is 11.8 Å². The van der Waals surface area contributed by atoms with Crippen LogP contribution in [0.15, 0.2) is 59.8 Å². The second-order valence-electron chi connectivity index (χ2n) is 12.0. The van der Waals surface area contributed by atoms with Crippen molar-refractivity contribution in [3.8, 4) is 0 Å². The number of carbonyl (C=O) groups is 1. The Balaban J connectivity index is 1.17. The lowest BCUT2D eigenvalue weighted by atomic mass is 9.85. The van der Waals surface area contributed by atoms with E-state index in [0.717, 1.165) is 62.7 Å². The minimum absolute atomic E-state index is 0.00656. The van der Waals surface area contributed by atoms with E-state index in [9.17, 15) is 4.79 Å². The third-order valence-corrected chi connectivity index (χ3v) is 9.03. The Morgan fingerprint density at radius 1 is 1.23 bits per heavy atom. The molecule has 206 valence electrons. The fraction of sp³-hybridized carbons (Fsp3) is 0.531. The quantitative estimate of drug-likeness (QED) is 0.438. The predicted octanol–water partition coefficient (Wildman–Crippen LogP) is 4.81. The molecule has 7 nitrogen and oxygen atoms in total. The zero-order valence-corrected chi connectivity index (χ0v) is 23.6. The zero-order valence-electron chi connectivity index (χ0n) is 23.6. The van der Waals surface area contributed by atoms with Crippen LogP contribution in [0.1, 0.15) is 56.7 Å². The minimum Gasteiger partial charge on any atom is -0.358 e. The van der Waals surface area contributed by atoms with Gasteiger partial charge < -0.3 is 15.5 Å². The van der Waals surface area contributed by atoms with Crippen molar-refractivity contribution in [2.75, 3.05) is 39.0 Å². The van der Waals surface area contributed by atoms with E-state index in [-0.39, 0.29) is 17.4 Å². The Morgan fingerprint density at radius 3 is 2.90 bits per heavy atom. The van der Waals surface area contributed by atoms with Gasteiger partial charge in [-0.3, -0.25) is 9.69 Å².